The summed E-state index contributed by atoms with van der Waals surface area (Å²) in [6, 6.07) is 0. The van der Waals surface area contributed by atoms with Crippen LogP contribution in [0.25, 0.3) is 0 Å². The molecule has 4 nitrogen and oxygen atoms in total. The van der Waals surface area contributed by atoms with Gasteiger partial charge in [0.15, 0.2) is 0 Å². The molecule has 4 heteroatoms. The van der Waals surface area contributed by atoms with E-state index in [0.29, 0.717) is 12.5 Å². The van der Waals surface area contributed by atoms with Crippen LogP contribution in [0.1, 0.15) is 33.4 Å². The Kier molecular flexibility index (Phi) is 5.19. The summed E-state index contributed by atoms with van der Waals surface area (Å²) in [7, 11) is 0. The fourth-order valence-corrected chi connectivity index (χ4v) is 1.11. The molecule has 0 aromatic carbocycles. The molecule has 0 amide bonds. The van der Waals surface area contributed by atoms with E-state index < -0.39 is 0 Å². The molecule has 1 rings (SSSR count). The summed E-state index contributed by atoms with van der Waals surface area (Å²) < 4.78 is 5.67. The highest BCUT2D eigenvalue weighted by molar-refractivity contribution is 5.30. The van der Waals surface area contributed by atoms with Gasteiger partial charge in [-0.15, -0.1) is 0 Å². The summed E-state index contributed by atoms with van der Waals surface area (Å²) in [5.41, 5.74) is 0.870. The molecule has 0 aliphatic heterocycles. The predicted molar refractivity (Wildman–Crippen MR) is 65.3 cm³/mol. The van der Waals surface area contributed by atoms with Crippen LogP contribution < -0.4 is 5.32 Å². The van der Waals surface area contributed by atoms with Crippen LogP contribution in [-0.4, -0.2) is 22.6 Å². The third kappa shape index (κ3) is 4.14. The first-order chi connectivity index (χ1) is 7.63. The second-order valence-electron chi connectivity index (χ2n) is 4.18. The fourth-order valence-electron chi connectivity index (χ4n) is 1.11. The third-order valence-corrected chi connectivity index (χ3v) is 2.50. The van der Waals surface area contributed by atoms with E-state index in [4.69, 9.17) is 4.74 Å². The van der Waals surface area contributed by atoms with Gasteiger partial charge in [-0.1, -0.05) is 13.8 Å². The number of hydrogen-bond donors (Lipinski definition) is 1. The first-order valence-corrected chi connectivity index (χ1v) is 5.79. The normalized spacial score (nSPS) is 12.8. The first kappa shape index (κ1) is 12.9. The summed E-state index contributed by atoms with van der Waals surface area (Å²) in [5, 5.41) is 3.10. The van der Waals surface area contributed by atoms with Gasteiger partial charge in [0.25, 0.3) is 0 Å². The van der Waals surface area contributed by atoms with Gasteiger partial charge in [-0.2, -0.15) is 0 Å². The van der Waals surface area contributed by atoms with Gasteiger partial charge >= 0.3 is 0 Å². The van der Waals surface area contributed by atoms with Crippen LogP contribution in [0.4, 0.5) is 5.82 Å². The van der Waals surface area contributed by atoms with Crippen molar-refractivity contribution in [1.82, 2.24) is 9.97 Å². The maximum absolute atomic E-state index is 5.67. The van der Waals surface area contributed by atoms with Crippen LogP contribution >= 0.6 is 0 Å². The van der Waals surface area contributed by atoms with Crippen molar-refractivity contribution in [3.8, 4) is 0 Å². The largest absolute Gasteiger partial charge is 0.372 e. The number of ether oxygens (including phenoxy) is 1. The molecule has 0 fully saturated rings. The van der Waals surface area contributed by atoms with Gasteiger partial charge in [-0.25, -0.2) is 4.98 Å². The summed E-state index contributed by atoms with van der Waals surface area (Å²) in [6.07, 6.45) is 3.74. The summed E-state index contributed by atoms with van der Waals surface area (Å²) in [6.45, 7) is 9.77. The second kappa shape index (κ2) is 6.43. The molecule has 1 unspecified atom stereocenters. The number of hydrogen-bond acceptors (Lipinski definition) is 4. The SMILES string of the molecule is CCNc1cnc(COC(C)C(C)C)cn1. The quantitative estimate of drug-likeness (QED) is 0.804. The van der Waals surface area contributed by atoms with Crippen molar-refractivity contribution in [3.63, 3.8) is 0 Å². The average molecular weight is 223 g/mol. The van der Waals surface area contributed by atoms with Crippen molar-refractivity contribution in [2.75, 3.05) is 11.9 Å². The molecule has 0 saturated heterocycles. The number of aromatic nitrogens is 2. The molecular weight excluding hydrogens is 202 g/mol. The van der Waals surface area contributed by atoms with E-state index in [1.54, 1.807) is 12.4 Å². The Bertz CT molecular complexity index is 298. The lowest BCUT2D eigenvalue weighted by atomic mass is 10.1. The van der Waals surface area contributed by atoms with Crippen LogP contribution in [0.15, 0.2) is 12.4 Å². The zero-order chi connectivity index (χ0) is 12.0. The van der Waals surface area contributed by atoms with Gasteiger partial charge in [0, 0.05) is 6.54 Å². The summed E-state index contributed by atoms with van der Waals surface area (Å²) in [5.74, 6) is 1.33. The average Bonchev–Trinajstić information content (AvgIpc) is 2.28. The summed E-state index contributed by atoms with van der Waals surface area (Å²) >= 11 is 0. The van der Waals surface area contributed by atoms with Crippen LogP contribution in [0.2, 0.25) is 0 Å². The molecule has 0 saturated carbocycles. The van der Waals surface area contributed by atoms with Gasteiger partial charge in [-0.3, -0.25) is 4.98 Å². The molecule has 1 aromatic rings. The molecule has 1 N–H and O–H groups in total. The van der Waals surface area contributed by atoms with E-state index in [0.717, 1.165) is 18.1 Å². The highest BCUT2D eigenvalue weighted by Crippen LogP contribution is 2.08. The van der Waals surface area contributed by atoms with Crippen molar-refractivity contribution in [3.05, 3.63) is 18.1 Å². The molecule has 1 heterocycles. The lowest BCUT2D eigenvalue weighted by molar-refractivity contribution is 0.0217. The number of nitrogens with one attached hydrogen (secondary N) is 1. The minimum Gasteiger partial charge on any atom is -0.372 e. The van der Waals surface area contributed by atoms with E-state index in [1.165, 1.54) is 0 Å². The van der Waals surface area contributed by atoms with Gasteiger partial charge in [-0.05, 0) is 19.8 Å². The monoisotopic (exact) mass is 223 g/mol. The van der Waals surface area contributed by atoms with Crippen LogP contribution in [0, 0.1) is 5.92 Å². The highest BCUT2D eigenvalue weighted by atomic mass is 16.5. The first-order valence-electron chi connectivity index (χ1n) is 5.79. The lowest BCUT2D eigenvalue weighted by Gasteiger charge is -2.16. The van der Waals surface area contributed by atoms with Crippen molar-refractivity contribution in [1.29, 1.82) is 0 Å². The van der Waals surface area contributed by atoms with E-state index in [1.807, 2.05) is 6.92 Å². The van der Waals surface area contributed by atoms with Crippen molar-refractivity contribution >= 4 is 5.82 Å². The van der Waals surface area contributed by atoms with Gasteiger partial charge < -0.3 is 10.1 Å². The molecule has 1 atom stereocenters. The van der Waals surface area contributed by atoms with Gasteiger partial charge in [0.05, 0.1) is 30.8 Å². The Morgan fingerprint density at radius 3 is 2.50 bits per heavy atom. The van der Waals surface area contributed by atoms with E-state index in [2.05, 4.69) is 36.1 Å². The van der Waals surface area contributed by atoms with Gasteiger partial charge in [0.1, 0.15) is 5.82 Å². The number of nitrogens with zero attached hydrogens (tertiary/aromatic N) is 2. The molecular formula is C12H21N3O. The number of anilines is 1. The minimum atomic E-state index is 0.246. The smallest absolute Gasteiger partial charge is 0.144 e. The topological polar surface area (TPSA) is 47.0 Å². The molecule has 16 heavy (non-hydrogen) atoms. The maximum atomic E-state index is 5.67. The van der Waals surface area contributed by atoms with Crippen LogP contribution in [0.5, 0.6) is 0 Å². The van der Waals surface area contributed by atoms with E-state index in [-0.39, 0.29) is 6.10 Å². The van der Waals surface area contributed by atoms with Gasteiger partial charge in [0.2, 0.25) is 0 Å². The molecule has 1 aromatic heterocycles. The van der Waals surface area contributed by atoms with E-state index >= 15 is 0 Å². The maximum Gasteiger partial charge on any atom is 0.144 e. The van der Waals surface area contributed by atoms with Crippen LogP contribution in [-0.2, 0) is 11.3 Å². The van der Waals surface area contributed by atoms with E-state index in [9.17, 15) is 0 Å². The Morgan fingerprint density at radius 2 is 2.00 bits per heavy atom. The van der Waals surface area contributed by atoms with Crippen LogP contribution in [0.3, 0.4) is 0 Å². The molecule has 0 aliphatic rings. The molecule has 0 spiro atoms. The zero-order valence-corrected chi connectivity index (χ0v) is 10.5. The molecule has 0 bridgehead atoms. The standard InChI is InChI=1S/C12H21N3O/c1-5-13-12-7-14-11(6-15-12)8-16-10(4)9(2)3/h6-7,9-10H,5,8H2,1-4H3,(H,13,15). The Labute approximate surface area is 97.5 Å². The van der Waals surface area contributed by atoms with Crippen molar-refractivity contribution in [2.24, 2.45) is 5.92 Å². The lowest BCUT2D eigenvalue weighted by Crippen LogP contribution is -2.15. The molecule has 0 aliphatic carbocycles. The molecule has 0 radical (unpaired) electrons. The van der Waals surface area contributed by atoms with Crippen molar-refractivity contribution < 1.29 is 4.74 Å². The second-order valence-corrected chi connectivity index (χ2v) is 4.18. The zero-order valence-electron chi connectivity index (χ0n) is 10.5. The highest BCUT2D eigenvalue weighted by Gasteiger charge is 2.07. The Balaban J connectivity index is 2.43. The summed E-state index contributed by atoms with van der Waals surface area (Å²) in [4.78, 5) is 8.52. The van der Waals surface area contributed by atoms with Crippen molar-refractivity contribution in [2.45, 2.75) is 40.4 Å². The fraction of sp³-hybridized carbons (Fsp3) is 0.667. The number of rotatable bonds is 6. The Morgan fingerprint density at radius 1 is 1.25 bits per heavy atom. The minimum absolute atomic E-state index is 0.246. The molecule has 90 valence electrons. The Hall–Kier alpha value is -1.16. The predicted octanol–water partition coefficient (Wildman–Crippen LogP) is 2.47. The third-order valence-electron chi connectivity index (χ3n) is 2.50.